The first-order valence-corrected chi connectivity index (χ1v) is 11.1. The molecule has 0 atom stereocenters. The Morgan fingerprint density at radius 2 is 0.886 bits per heavy atom. The number of hydrogen-bond acceptors (Lipinski definition) is 6. The van der Waals surface area contributed by atoms with E-state index in [2.05, 4.69) is 45.9 Å². The lowest BCUT2D eigenvalue weighted by Crippen LogP contribution is -2.24. The second-order valence-electron chi connectivity index (χ2n) is 8.58. The van der Waals surface area contributed by atoms with Crippen molar-refractivity contribution in [2.45, 2.75) is 19.3 Å². The van der Waals surface area contributed by atoms with Gasteiger partial charge in [0.15, 0.2) is 11.6 Å². The molecule has 0 spiro atoms. The van der Waals surface area contributed by atoms with Gasteiger partial charge in [-0.1, -0.05) is 0 Å². The van der Waals surface area contributed by atoms with Gasteiger partial charge in [0.05, 0.1) is 35.4 Å². The number of imidazole rings is 4. The molecule has 10 nitrogen and oxygen atoms in total. The second-order valence-corrected chi connectivity index (χ2v) is 8.58. The Hall–Kier alpha value is -4.86. The Kier molecular flexibility index (Phi) is 4.84. The van der Waals surface area contributed by atoms with E-state index in [9.17, 15) is 0 Å². The molecule has 0 aliphatic heterocycles. The molecule has 0 N–H and O–H groups in total. The van der Waals surface area contributed by atoms with Gasteiger partial charge in [-0.25, -0.2) is 29.9 Å². The summed E-state index contributed by atoms with van der Waals surface area (Å²) in [6.07, 6.45) is 21.6. The lowest BCUT2D eigenvalue weighted by molar-refractivity contribution is 0.590. The zero-order chi connectivity index (χ0) is 23.8. The number of rotatable bonds is 6. The lowest BCUT2D eigenvalue weighted by atomic mass is 9.84. The van der Waals surface area contributed by atoms with E-state index in [0.29, 0.717) is 0 Å². The highest BCUT2D eigenvalue weighted by atomic mass is 15.2. The molecule has 6 heterocycles. The minimum absolute atomic E-state index is 0.494. The average molecular weight is 463 g/mol. The molecule has 0 aromatic carbocycles. The third-order valence-corrected chi connectivity index (χ3v) is 6.05. The summed E-state index contributed by atoms with van der Waals surface area (Å²) in [7, 11) is 0. The molecular weight excluding hydrogens is 440 g/mol. The predicted molar refractivity (Wildman–Crippen MR) is 129 cm³/mol. The van der Waals surface area contributed by atoms with Crippen LogP contribution in [0.3, 0.4) is 0 Å². The van der Waals surface area contributed by atoms with E-state index in [4.69, 9.17) is 9.97 Å². The first kappa shape index (κ1) is 20.7. The number of aromatic nitrogens is 10. The van der Waals surface area contributed by atoms with E-state index < -0.39 is 5.41 Å². The van der Waals surface area contributed by atoms with Gasteiger partial charge in [0.1, 0.15) is 12.7 Å². The van der Waals surface area contributed by atoms with E-state index in [1.165, 1.54) is 0 Å². The summed E-state index contributed by atoms with van der Waals surface area (Å²) < 4.78 is 7.69. The van der Waals surface area contributed by atoms with Crippen LogP contribution in [0.4, 0.5) is 0 Å². The lowest BCUT2D eigenvalue weighted by Gasteiger charge is -2.26. The van der Waals surface area contributed by atoms with Crippen LogP contribution in [-0.2, 0) is 5.41 Å². The SMILES string of the molecule is CC(C)(c1ccc(-n2ccnc2)c(-n2ccnc2)n1)c1ccc(-n2ccnc2)c(-n2ccnc2)n1. The largest absolute Gasteiger partial charge is 0.303 e. The minimum Gasteiger partial charge on any atom is -0.303 e. The van der Waals surface area contributed by atoms with E-state index >= 15 is 0 Å². The van der Waals surface area contributed by atoms with Gasteiger partial charge in [0.25, 0.3) is 0 Å². The molecule has 6 aromatic rings. The smallest absolute Gasteiger partial charge is 0.162 e. The van der Waals surface area contributed by atoms with Crippen LogP contribution in [0.15, 0.2) is 99.1 Å². The number of hydrogen-bond donors (Lipinski definition) is 0. The zero-order valence-corrected chi connectivity index (χ0v) is 19.2. The van der Waals surface area contributed by atoms with Crippen LogP contribution in [0.1, 0.15) is 25.2 Å². The van der Waals surface area contributed by atoms with Crippen molar-refractivity contribution < 1.29 is 0 Å². The Morgan fingerprint density at radius 3 is 1.23 bits per heavy atom. The quantitative estimate of drug-likeness (QED) is 0.376. The van der Waals surface area contributed by atoms with Crippen molar-refractivity contribution in [3.05, 3.63) is 111 Å². The maximum Gasteiger partial charge on any atom is 0.162 e. The van der Waals surface area contributed by atoms with Gasteiger partial charge in [-0.15, -0.1) is 0 Å². The highest BCUT2D eigenvalue weighted by Gasteiger charge is 2.29. The van der Waals surface area contributed by atoms with Crippen LogP contribution in [0, 0.1) is 0 Å². The van der Waals surface area contributed by atoms with Crippen molar-refractivity contribution in [1.82, 2.24) is 48.2 Å². The summed E-state index contributed by atoms with van der Waals surface area (Å²) >= 11 is 0. The molecule has 0 aliphatic rings. The van der Waals surface area contributed by atoms with Gasteiger partial charge in [-0.05, 0) is 38.1 Å². The van der Waals surface area contributed by atoms with Crippen LogP contribution >= 0.6 is 0 Å². The molecule has 0 saturated heterocycles. The van der Waals surface area contributed by atoms with Crippen LogP contribution < -0.4 is 0 Å². The highest BCUT2D eigenvalue weighted by molar-refractivity contribution is 5.52. The highest BCUT2D eigenvalue weighted by Crippen LogP contribution is 2.33. The van der Waals surface area contributed by atoms with Crippen molar-refractivity contribution >= 4 is 0 Å². The molecule has 6 aromatic heterocycles. The van der Waals surface area contributed by atoms with Crippen molar-refractivity contribution in [1.29, 1.82) is 0 Å². The molecule has 0 radical (unpaired) electrons. The molecule has 0 bridgehead atoms. The number of nitrogens with zero attached hydrogens (tertiary/aromatic N) is 10. The molecule has 0 fully saturated rings. The average Bonchev–Trinajstić information content (AvgIpc) is 3.71. The van der Waals surface area contributed by atoms with Crippen molar-refractivity contribution in [3.8, 4) is 23.0 Å². The van der Waals surface area contributed by atoms with Gasteiger partial charge in [-0.3, -0.25) is 9.13 Å². The molecular formula is C25H22N10. The van der Waals surface area contributed by atoms with Gasteiger partial charge >= 0.3 is 0 Å². The third kappa shape index (κ3) is 3.61. The molecule has 10 heteroatoms. The molecule has 172 valence electrons. The molecule has 6 rings (SSSR count). The van der Waals surface area contributed by atoms with Gasteiger partial charge in [0, 0.05) is 55.0 Å². The van der Waals surface area contributed by atoms with E-state index in [1.807, 2.05) is 55.2 Å². The standard InChI is InChI=1S/C25H22N10/c1-25(2,21-5-3-19(32-11-7-26-15-32)23(30-21)34-13-9-28-17-34)22-6-4-20(33-12-8-27-16-33)24(31-22)35-14-10-29-18-35/h3-18H,1-2H3. The Bertz CT molecular complexity index is 1430. The van der Waals surface area contributed by atoms with E-state index in [1.54, 1.807) is 50.1 Å². The fraction of sp³-hybridized carbons (Fsp3) is 0.120. The summed E-state index contributed by atoms with van der Waals surface area (Å²) in [5.74, 6) is 1.52. The van der Waals surface area contributed by atoms with Crippen LogP contribution in [0.25, 0.3) is 23.0 Å². The predicted octanol–water partition coefficient (Wildman–Crippen LogP) is 3.55. The van der Waals surface area contributed by atoms with Crippen LogP contribution in [0.2, 0.25) is 0 Å². The van der Waals surface area contributed by atoms with Crippen molar-refractivity contribution in [3.63, 3.8) is 0 Å². The van der Waals surface area contributed by atoms with Crippen molar-refractivity contribution in [2.75, 3.05) is 0 Å². The van der Waals surface area contributed by atoms with Crippen molar-refractivity contribution in [2.24, 2.45) is 0 Å². The fourth-order valence-corrected chi connectivity index (χ4v) is 4.06. The first-order valence-electron chi connectivity index (χ1n) is 11.1. The summed E-state index contributed by atoms with van der Waals surface area (Å²) in [6, 6.07) is 8.19. The zero-order valence-electron chi connectivity index (χ0n) is 19.2. The summed E-state index contributed by atoms with van der Waals surface area (Å²) in [6.45, 7) is 4.25. The third-order valence-electron chi connectivity index (χ3n) is 6.05. The molecule has 0 aliphatic carbocycles. The summed E-state index contributed by atoms with van der Waals surface area (Å²) in [5.41, 5.74) is 3.07. The van der Waals surface area contributed by atoms with Gasteiger partial charge in [-0.2, -0.15) is 0 Å². The Balaban J connectivity index is 1.49. The van der Waals surface area contributed by atoms with E-state index in [0.717, 1.165) is 34.4 Å². The molecule has 0 unspecified atom stereocenters. The monoisotopic (exact) mass is 462 g/mol. The minimum atomic E-state index is -0.494. The molecule has 0 amide bonds. The van der Waals surface area contributed by atoms with Crippen LogP contribution in [-0.4, -0.2) is 48.2 Å². The molecule has 0 saturated carbocycles. The Morgan fingerprint density at radius 1 is 0.514 bits per heavy atom. The number of pyridine rings is 2. The maximum absolute atomic E-state index is 5.08. The second kappa shape index (κ2) is 8.17. The maximum atomic E-state index is 5.08. The van der Waals surface area contributed by atoms with Gasteiger partial charge in [0.2, 0.25) is 0 Å². The normalized spacial score (nSPS) is 11.7. The Labute approximate surface area is 201 Å². The fourth-order valence-electron chi connectivity index (χ4n) is 4.06. The summed E-state index contributed by atoms with van der Waals surface area (Å²) in [4.78, 5) is 27.0. The first-order chi connectivity index (χ1) is 17.1. The van der Waals surface area contributed by atoms with E-state index in [-0.39, 0.29) is 0 Å². The molecule has 35 heavy (non-hydrogen) atoms. The van der Waals surface area contributed by atoms with Gasteiger partial charge < -0.3 is 9.13 Å². The summed E-state index contributed by atoms with van der Waals surface area (Å²) in [5, 5.41) is 0. The van der Waals surface area contributed by atoms with Crippen LogP contribution in [0.5, 0.6) is 0 Å². The topological polar surface area (TPSA) is 97.1 Å².